The highest BCUT2D eigenvalue weighted by Crippen LogP contribution is 2.17. The number of rotatable bonds is 3. The molecule has 6 heteroatoms. The van der Waals surface area contributed by atoms with E-state index < -0.39 is 23.1 Å². The molecule has 2 aromatic rings. The van der Waals surface area contributed by atoms with Crippen molar-refractivity contribution in [3.8, 4) is 0 Å². The van der Waals surface area contributed by atoms with E-state index in [2.05, 4.69) is 0 Å². The maximum Gasteiger partial charge on any atom is 0.324 e. The Morgan fingerprint density at radius 2 is 1.53 bits per heavy atom. The largest absolute Gasteiger partial charge is 0.324 e. The van der Waals surface area contributed by atoms with Gasteiger partial charge in [0.25, 0.3) is 0 Å². The zero-order valence-corrected chi connectivity index (χ0v) is 9.64. The van der Waals surface area contributed by atoms with Crippen LogP contribution in [0, 0.1) is 16.5 Å². The molecule has 19 heavy (non-hydrogen) atoms. The third-order valence-corrected chi connectivity index (χ3v) is 2.49. The second-order valence-corrected chi connectivity index (χ2v) is 3.66. The van der Waals surface area contributed by atoms with Crippen LogP contribution in [0.2, 0.25) is 0 Å². The molecule has 0 heterocycles. The summed E-state index contributed by atoms with van der Waals surface area (Å²) >= 11 is 0. The summed E-state index contributed by atoms with van der Waals surface area (Å²) in [6, 6.07) is 10.8. The average molecular weight is 263 g/mol. The van der Waals surface area contributed by atoms with Crippen molar-refractivity contribution < 1.29 is 18.9 Å². The summed E-state index contributed by atoms with van der Waals surface area (Å²) in [6.45, 7) is 0. The number of benzene rings is 2. The van der Waals surface area contributed by atoms with Crippen molar-refractivity contribution in [1.82, 2.24) is 0 Å². The number of hydrogen-bond acceptors (Lipinski definition) is 2. The predicted octanol–water partition coefficient (Wildman–Crippen LogP) is 1.37. The second-order valence-electron chi connectivity index (χ2n) is 3.66. The number of hydrazine groups is 1. The molecule has 0 unspecified atom stereocenters. The number of para-hydroxylation sites is 1. The van der Waals surface area contributed by atoms with Crippen molar-refractivity contribution in [2.45, 2.75) is 0 Å². The second kappa shape index (κ2) is 5.34. The van der Waals surface area contributed by atoms with Gasteiger partial charge in [-0.3, -0.25) is 4.79 Å². The minimum Gasteiger partial charge on any atom is -0.262 e. The summed E-state index contributed by atoms with van der Waals surface area (Å²) in [5.74, 6) is -3.15. The fraction of sp³-hybridized carbons (Fsp3) is 0. The highest BCUT2D eigenvalue weighted by Gasteiger charge is 2.28. The Bertz CT molecular complexity index is 597. The topological polar surface area (TPSA) is 51.4 Å². The Hall–Kier alpha value is -2.63. The van der Waals surface area contributed by atoms with Crippen LogP contribution in [0.1, 0.15) is 10.4 Å². The molecule has 2 aromatic carbocycles. The molecule has 2 rings (SSSR count). The first-order valence-electron chi connectivity index (χ1n) is 5.36. The van der Waals surface area contributed by atoms with E-state index in [0.717, 1.165) is 18.2 Å². The lowest BCUT2D eigenvalue weighted by Gasteiger charge is -2.09. The first kappa shape index (κ1) is 12.8. The standard InChI is InChI=1S/C13H8F2N2O2/c14-10-7-4-8-11(15)12(10)13(18)17(16-19)9-5-2-1-3-6-9/h1-8H/p+1. The molecular formula is C13H9F2N2O2+. The van der Waals surface area contributed by atoms with Crippen LogP contribution in [0.4, 0.5) is 14.5 Å². The molecule has 0 saturated carbocycles. The van der Waals surface area contributed by atoms with Gasteiger partial charge in [-0.25, -0.2) is 8.78 Å². The summed E-state index contributed by atoms with van der Waals surface area (Å²) in [6.07, 6.45) is 0. The fourth-order valence-electron chi connectivity index (χ4n) is 1.60. The third-order valence-electron chi connectivity index (χ3n) is 2.49. The van der Waals surface area contributed by atoms with Gasteiger partial charge in [0.2, 0.25) is 0 Å². The average Bonchev–Trinajstić information content (AvgIpc) is 2.40. The molecule has 0 spiro atoms. The number of carbonyl (C=O) groups is 1. The van der Waals surface area contributed by atoms with Crippen LogP contribution in [0.3, 0.4) is 0 Å². The minimum absolute atomic E-state index is 0.185. The van der Waals surface area contributed by atoms with Crippen LogP contribution in [-0.2, 0) is 0 Å². The summed E-state index contributed by atoms with van der Waals surface area (Å²) in [5, 5.41) is 1.90. The molecular weight excluding hydrogens is 254 g/mol. The Labute approximate surface area is 107 Å². The number of halogens is 2. The first-order valence-corrected chi connectivity index (χ1v) is 5.36. The third kappa shape index (κ3) is 2.47. The SMILES string of the molecule is O=[NH+]N(C(=O)c1c(F)cccc1F)c1ccccc1. The maximum atomic E-state index is 13.5. The lowest BCUT2D eigenvalue weighted by Crippen LogP contribution is -2.80. The zero-order valence-electron chi connectivity index (χ0n) is 9.64. The number of anilines is 1. The van der Waals surface area contributed by atoms with Gasteiger partial charge in [-0.2, -0.15) is 0 Å². The van der Waals surface area contributed by atoms with Crippen LogP contribution < -0.4 is 10.3 Å². The molecule has 0 radical (unpaired) electrons. The van der Waals surface area contributed by atoms with E-state index in [1.807, 2.05) is 0 Å². The van der Waals surface area contributed by atoms with Crippen LogP contribution in [0.15, 0.2) is 48.5 Å². The normalized spacial score (nSPS) is 10.0. The minimum atomic E-state index is -1.10. The Morgan fingerprint density at radius 3 is 2.05 bits per heavy atom. The molecule has 0 aliphatic carbocycles. The van der Waals surface area contributed by atoms with Crippen molar-refractivity contribution in [3.63, 3.8) is 0 Å². The van der Waals surface area contributed by atoms with Crippen molar-refractivity contribution in [1.29, 1.82) is 0 Å². The number of nitrogens with one attached hydrogen (secondary N) is 1. The number of nitrogens with zero attached hydrogens (tertiary/aromatic N) is 1. The number of amides is 1. The summed E-state index contributed by atoms with van der Waals surface area (Å²) < 4.78 is 27.0. The van der Waals surface area contributed by atoms with Gasteiger partial charge in [0.1, 0.15) is 28.2 Å². The Kier molecular flexibility index (Phi) is 3.61. The van der Waals surface area contributed by atoms with Crippen LogP contribution in [0.5, 0.6) is 0 Å². The van der Waals surface area contributed by atoms with E-state index in [1.165, 1.54) is 17.4 Å². The molecule has 0 atom stereocenters. The van der Waals surface area contributed by atoms with Crippen molar-refractivity contribution in [2.75, 3.05) is 5.01 Å². The van der Waals surface area contributed by atoms with Gasteiger partial charge < -0.3 is 0 Å². The Balaban J connectivity index is 2.45. The van der Waals surface area contributed by atoms with Crippen LogP contribution >= 0.6 is 0 Å². The Morgan fingerprint density at radius 1 is 0.947 bits per heavy atom. The van der Waals surface area contributed by atoms with Gasteiger partial charge in [0.05, 0.1) is 0 Å². The van der Waals surface area contributed by atoms with E-state index >= 15 is 0 Å². The van der Waals surface area contributed by atoms with Crippen molar-refractivity contribution >= 4 is 11.6 Å². The molecule has 0 aromatic heterocycles. The first-order chi connectivity index (χ1) is 9.15. The van der Waals surface area contributed by atoms with Crippen LogP contribution in [0.25, 0.3) is 0 Å². The van der Waals surface area contributed by atoms with E-state index in [9.17, 15) is 18.5 Å². The smallest absolute Gasteiger partial charge is 0.262 e. The van der Waals surface area contributed by atoms with Crippen LogP contribution in [-0.4, -0.2) is 5.91 Å². The number of nitroso groups, excluding NO2 is 1. The van der Waals surface area contributed by atoms with Crippen molar-refractivity contribution in [3.05, 3.63) is 70.6 Å². The molecule has 0 aliphatic rings. The zero-order chi connectivity index (χ0) is 13.8. The molecule has 0 aliphatic heterocycles. The molecule has 0 fully saturated rings. The fourth-order valence-corrected chi connectivity index (χ4v) is 1.60. The van der Waals surface area contributed by atoms with Gasteiger partial charge >= 0.3 is 5.91 Å². The van der Waals surface area contributed by atoms with Gasteiger partial charge in [-0.1, -0.05) is 24.3 Å². The lowest BCUT2D eigenvalue weighted by atomic mass is 10.1. The lowest BCUT2D eigenvalue weighted by molar-refractivity contribution is -0.482. The highest BCUT2D eigenvalue weighted by molar-refractivity contribution is 6.04. The van der Waals surface area contributed by atoms with Gasteiger partial charge in [-0.15, -0.1) is 0 Å². The predicted molar refractivity (Wildman–Crippen MR) is 63.9 cm³/mol. The van der Waals surface area contributed by atoms with Gasteiger partial charge in [0, 0.05) is 4.91 Å². The van der Waals surface area contributed by atoms with E-state index in [1.54, 1.807) is 18.2 Å². The van der Waals surface area contributed by atoms with Gasteiger partial charge in [-0.05, 0) is 29.3 Å². The maximum absolute atomic E-state index is 13.5. The summed E-state index contributed by atoms with van der Waals surface area (Å²) in [4.78, 5) is 22.9. The monoisotopic (exact) mass is 263 g/mol. The molecule has 4 nitrogen and oxygen atoms in total. The molecule has 0 saturated heterocycles. The van der Waals surface area contributed by atoms with E-state index in [4.69, 9.17) is 0 Å². The summed E-state index contributed by atoms with van der Waals surface area (Å²) in [7, 11) is 0. The number of carbonyl (C=O) groups excluding carboxylic acids is 1. The summed E-state index contributed by atoms with van der Waals surface area (Å²) in [5.41, 5.74) is -0.597. The molecule has 0 bridgehead atoms. The van der Waals surface area contributed by atoms with E-state index in [0.29, 0.717) is 5.01 Å². The molecule has 96 valence electrons. The highest BCUT2D eigenvalue weighted by atomic mass is 19.1. The van der Waals surface area contributed by atoms with Crippen molar-refractivity contribution in [2.24, 2.45) is 0 Å². The molecule has 1 N–H and O–H groups in total. The molecule has 1 amide bonds. The quantitative estimate of drug-likeness (QED) is 0.850. The van der Waals surface area contributed by atoms with Gasteiger partial charge in [0.15, 0.2) is 0 Å². The van der Waals surface area contributed by atoms with E-state index in [-0.39, 0.29) is 5.69 Å². The number of hydrogen-bond donors (Lipinski definition) is 1.